The van der Waals surface area contributed by atoms with Gasteiger partial charge in [0.2, 0.25) is 0 Å². The molecular weight excluding hydrogens is 423 g/mol. The van der Waals surface area contributed by atoms with Crippen molar-refractivity contribution in [2.45, 2.75) is 69.6 Å². The predicted octanol–water partition coefficient (Wildman–Crippen LogP) is 3.93. The predicted molar refractivity (Wildman–Crippen MR) is 127 cm³/mol. The topological polar surface area (TPSA) is 90.8 Å². The number of hydroxylamine groups is 1. The van der Waals surface area contributed by atoms with Crippen molar-refractivity contribution < 1.29 is 24.2 Å². The Hall–Kier alpha value is -2.06. The summed E-state index contributed by atoms with van der Waals surface area (Å²) >= 11 is 0. The van der Waals surface area contributed by atoms with Gasteiger partial charge in [0.05, 0.1) is 13.2 Å². The van der Waals surface area contributed by atoms with Crippen LogP contribution in [0.4, 0.5) is 4.39 Å². The Kier molecular flexibility index (Phi) is 11.2. The van der Waals surface area contributed by atoms with E-state index < -0.39 is 6.10 Å². The summed E-state index contributed by atoms with van der Waals surface area (Å²) in [5.41, 5.74) is 2.70. The van der Waals surface area contributed by atoms with Gasteiger partial charge < -0.3 is 20.4 Å². The molecule has 0 spiro atoms. The Balaban J connectivity index is 2.00. The molecule has 0 saturated heterocycles. The van der Waals surface area contributed by atoms with E-state index in [4.69, 9.17) is 0 Å². The lowest BCUT2D eigenvalue weighted by atomic mass is 9.86. The fraction of sp³-hybridized carbons (Fsp3) is 0.577. The van der Waals surface area contributed by atoms with Gasteiger partial charge >= 0.3 is 5.97 Å². The highest BCUT2D eigenvalue weighted by Crippen LogP contribution is 2.37. The van der Waals surface area contributed by atoms with Crippen LogP contribution in [0.15, 0.2) is 48.6 Å². The summed E-state index contributed by atoms with van der Waals surface area (Å²) in [5.74, 6) is -0.484. The largest absolute Gasteiger partial charge is 0.469 e. The second kappa shape index (κ2) is 13.6. The summed E-state index contributed by atoms with van der Waals surface area (Å²) in [6.45, 7) is 2.06. The summed E-state index contributed by atoms with van der Waals surface area (Å²) in [6, 6.07) is 6.59. The molecule has 1 fully saturated rings. The number of carbonyl (C=O) groups excluding carboxylic acids is 1. The first kappa shape index (κ1) is 27.2. The smallest absolute Gasteiger partial charge is 0.305 e. The van der Waals surface area contributed by atoms with Crippen LogP contribution in [0.25, 0.3) is 0 Å². The van der Waals surface area contributed by atoms with Crippen molar-refractivity contribution in [3.8, 4) is 0 Å². The Bertz CT molecular complexity index is 800. The quantitative estimate of drug-likeness (QED) is 0.154. The molecule has 0 aliphatic heterocycles. The number of ether oxygens (including phenoxy) is 1. The molecule has 6 nitrogen and oxygen atoms in total. The SMILES string of the molecule is CNC(C)(C=C[C@H]1C(NO)C[C@H](O)[C@@H]1CC=CCCCC(=O)OC)CCc1ccccc1F. The first-order valence-electron chi connectivity index (χ1n) is 11.7. The van der Waals surface area contributed by atoms with Gasteiger partial charge in [-0.1, -0.05) is 42.5 Å². The van der Waals surface area contributed by atoms with Crippen LogP contribution in [0, 0.1) is 17.7 Å². The van der Waals surface area contributed by atoms with Crippen LogP contribution in [0.5, 0.6) is 0 Å². The maximum Gasteiger partial charge on any atom is 0.305 e. The number of hydrogen-bond acceptors (Lipinski definition) is 6. The minimum absolute atomic E-state index is 0.0320. The minimum Gasteiger partial charge on any atom is -0.469 e. The van der Waals surface area contributed by atoms with E-state index in [0.29, 0.717) is 37.7 Å². The average molecular weight is 463 g/mol. The molecule has 184 valence electrons. The molecule has 33 heavy (non-hydrogen) atoms. The average Bonchev–Trinajstić information content (AvgIpc) is 3.13. The number of carbonyl (C=O) groups is 1. The zero-order valence-electron chi connectivity index (χ0n) is 20.0. The van der Waals surface area contributed by atoms with Gasteiger partial charge in [-0.25, -0.2) is 9.87 Å². The zero-order valence-corrected chi connectivity index (χ0v) is 20.0. The molecule has 1 aromatic rings. The molecule has 1 aliphatic carbocycles. The van der Waals surface area contributed by atoms with Crippen LogP contribution in [-0.4, -0.2) is 48.1 Å². The molecular formula is C26H39FN2O4. The van der Waals surface area contributed by atoms with Crippen molar-refractivity contribution in [3.63, 3.8) is 0 Å². The Morgan fingerprint density at radius 1 is 1.33 bits per heavy atom. The number of aryl methyl sites for hydroxylation is 1. The van der Waals surface area contributed by atoms with Crippen molar-refractivity contribution in [1.29, 1.82) is 0 Å². The van der Waals surface area contributed by atoms with Crippen LogP contribution in [0.2, 0.25) is 0 Å². The van der Waals surface area contributed by atoms with E-state index in [1.807, 2.05) is 31.3 Å². The Morgan fingerprint density at radius 3 is 2.76 bits per heavy atom. The number of allylic oxidation sites excluding steroid dienone is 2. The van der Waals surface area contributed by atoms with E-state index in [0.717, 1.165) is 12.8 Å². The maximum absolute atomic E-state index is 14.0. The van der Waals surface area contributed by atoms with Gasteiger partial charge in [-0.05, 0) is 70.0 Å². The lowest BCUT2D eigenvalue weighted by Gasteiger charge is -2.28. The van der Waals surface area contributed by atoms with Gasteiger partial charge in [-0.15, -0.1) is 0 Å². The van der Waals surface area contributed by atoms with Gasteiger partial charge in [0.25, 0.3) is 0 Å². The number of aliphatic hydroxyl groups excluding tert-OH is 1. The number of rotatable bonds is 13. The molecule has 4 N–H and O–H groups in total. The third-order valence-electron chi connectivity index (χ3n) is 6.80. The van der Waals surface area contributed by atoms with E-state index in [1.54, 1.807) is 6.07 Å². The molecule has 2 unspecified atom stereocenters. The van der Waals surface area contributed by atoms with Gasteiger partial charge in [0, 0.05) is 23.9 Å². The lowest BCUT2D eigenvalue weighted by Crippen LogP contribution is -2.39. The molecule has 1 aromatic carbocycles. The third-order valence-corrected chi connectivity index (χ3v) is 6.80. The van der Waals surface area contributed by atoms with E-state index in [1.165, 1.54) is 13.2 Å². The molecule has 7 heteroatoms. The number of hydrogen-bond donors (Lipinski definition) is 4. The monoisotopic (exact) mass is 462 g/mol. The molecule has 5 atom stereocenters. The number of methoxy groups -OCH3 is 1. The van der Waals surface area contributed by atoms with E-state index in [-0.39, 0.29) is 35.2 Å². The molecule has 0 bridgehead atoms. The molecule has 1 saturated carbocycles. The van der Waals surface area contributed by atoms with Crippen molar-refractivity contribution in [3.05, 3.63) is 60.0 Å². The molecule has 0 aromatic heterocycles. The van der Waals surface area contributed by atoms with Crippen LogP contribution >= 0.6 is 0 Å². The lowest BCUT2D eigenvalue weighted by molar-refractivity contribution is -0.140. The summed E-state index contributed by atoms with van der Waals surface area (Å²) in [7, 11) is 3.27. The molecule has 0 radical (unpaired) electrons. The number of halogens is 1. The van der Waals surface area contributed by atoms with E-state index in [9.17, 15) is 19.5 Å². The van der Waals surface area contributed by atoms with Gasteiger partial charge in [0.1, 0.15) is 5.82 Å². The van der Waals surface area contributed by atoms with Crippen molar-refractivity contribution in [2.75, 3.05) is 14.2 Å². The number of nitrogens with one attached hydrogen (secondary N) is 2. The van der Waals surface area contributed by atoms with Gasteiger partial charge in [-0.2, -0.15) is 0 Å². The van der Waals surface area contributed by atoms with Crippen LogP contribution in [0.1, 0.15) is 51.0 Å². The molecule has 1 aliphatic rings. The number of likely N-dealkylation sites (N-methyl/N-ethyl adjacent to an activating group) is 1. The second-order valence-corrected chi connectivity index (χ2v) is 9.07. The molecule has 2 rings (SSSR count). The van der Waals surface area contributed by atoms with Crippen molar-refractivity contribution in [2.24, 2.45) is 11.8 Å². The van der Waals surface area contributed by atoms with Gasteiger partial charge in [0.15, 0.2) is 0 Å². The van der Waals surface area contributed by atoms with Crippen molar-refractivity contribution in [1.82, 2.24) is 10.8 Å². The number of unbranched alkanes of at least 4 members (excludes halogenated alkanes) is 1. The summed E-state index contributed by atoms with van der Waals surface area (Å²) in [6.07, 6.45) is 12.0. The third kappa shape index (κ3) is 8.34. The molecule has 0 amide bonds. The van der Waals surface area contributed by atoms with Gasteiger partial charge in [-0.3, -0.25) is 4.79 Å². The highest BCUT2D eigenvalue weighted by atomic mass is 19.1. The first-order valence-corrected chi connectivity index (χ1v) is 11.7. The highest BCUT2D eigenvalue weighted by Gasteiger charge is 2.40. The summed E-state index contributed by atoms with van der Waals surface area (Å²) in [4.78, 5) is 11.2. The number of benzene rings is 1. The Morgan fingerprint density at radius 2 is 2.09 bits per heavy atom. The highest BCUT2D eigenvalue weighted by molar-refractivity contribution is 5.69. The fourth-order valence-electron chi connectivity index (χ4n) is 4.42. The van der Waals surface area contributed by atoms with Crippen LogP contribution in [-0.2, 0) is 16.0 Å². The van der Waals surface area contributed by atoms with Crippen molar-refractivity contribution >= 4 is 5.97 Å². The molecule has 0 heterocycles. The normalized spacial score (nSPS) is 25.0. The van der Waals surface area contributed by atoms with Crippen LogP contribution < -0.4 is 10.8 Å². The summed E-state index contributed by atoms with van der Waals surface area (Å²) in [5, 5.41) is 23.6. The number of esters is 1. The first-order chi connectivity index (χ1) is 15.8. The number of aliphatic hydroxyl groups is 1. The van der Waals surface area contributed by atoms with Crippen LogP contribution in [0.3, 0.4) is 0 Å². The maximum atomic E-state index is 14.0. The van der Waals surface area contributed by atoms with E-state index in [2.05, 4.69) is 34.6 Å². The Labute approximate surface area is 196 Å². The fourth-order valence-corrected chi connectivity index (χ4v) is 4.42. The summed E-state index contributed by atoms with van der Waals surface area (Å²) < 4.78 is 18.7. The minimum atomic E-state index is -0.525. The zero-order chi connectivity index (χ0) is 24.3. The standard InChI is InChI=1S/C26H39FN2O4/c1-26(28-2,16-14-19-10-8-9-12-22(19)27)17-15-20-21(24(30)18-23(20)29-32)11-6-4-5-7-13-25(31)33-3/h4,6,8-10,12,15,17,20-21,23-24,28-30,32H,5,7,11,13-14,16,18H2,1-3H3/t20-,21-,23?,24+,26?/m1/s1. The second-order valence-electron chi connectivity index (χ2n) is 9.07. The van der Waals surface area contributed by atoms with E-state index >= 15 is 0 Å².